The highest BCUT2D eigenvalue weighted by Gasteiger charge is 2.21. The molecule has 2 heteroatoms. The minimum absolute atomic E-state index is 0.304. The minimum Gasteiger partial charge on any atom is -0.414 e. The average molecular weight is 238 g/mol. The van der Waals surface area contributed by atoms with Gasteiger partial charge in [-0.05, 0) is 50.9 Å². The lowest BCUT2D eigenvalue weighted by Gasteiger charge is -2.27. The fraction of sp³-hybridized carbons (Fsp3) is 0.643. The predicted molar refractivity (Wildman–Crippen MR) is 75.1 cm³/mol. The van der Waals surface area contributed by atoms with Crippen LogP contribution in [0.4, 0.5) is 0 Å². The number of hydrogen-bond donors (Lipinski definition) is 0. The van der Waals surface area contributed by atoms with Crippen LogP contribution in [0.2, 0.25) is 19.6 Å². The molecule has 0 rings (SSSR count). The Bertz CT molecular complexity index is 246. The van der Waals surface area contributed by atoms with Crippen molar-refractivity contribution in [2.24, 2.45) is 5.92 Å². The zero-order valence-electron chi connectivity index (χ0n) is 11.3. The molecule has 0 aromatic carbocycles. The van der Waals surface area contributed by atoms with E-state index in [0.717, 1.165) is 19.3 Å². The molecule has 0 aromatic rings. The van der Waals surface area contributed by atoms with Gasteiger partial charge in [0.1, 0.15) is 0 Å². The summed E-state index contributed by atoms with van der Waals surface area (Å²) in [5.74, 6) is 0.527. The molecule has 2 unspecified atom stereocenters. The Morgan fingerprint density at radius 3 is 2.38 bits per heavy atom. The summed E-state index contributed by atoms with van der Waals surface area (Å²) in [7, 11) is -1.46. The SMILES string of the molecule is C=C=CC(CC)CC(CC=C)O[Si](C)(C)C. The van der Waals surface area contributed by atoms with Crippen LogP contribution < -0.4 is 0 Å². The fourth-order valence-electron chi connectivity index (χ4n) is 1.74. The third kappa shape index (κ3) is 7.69. The van der Waals surface area contributed by atoms with Crippen LogP contribution in [0.25, 0.3) is 0 Å². The van der Waals surface area contributed by atoms with Gasteiger partial charge in [0.15, 0.2) is 8.32 Å². The maximum Gasteiger partial charge on any atom is 0.184 e. The van der Waals surface area contributed by atoms with Crippen molar-refractivity contribution in [1.29, 1.82) is 0 Å². The maximum atomic E-state index is 6.16. The van der Waals surface area contributed by atoms with E-state index < -0.39 is 8.32 Å². The van der Waals surface area contributed by atoms with Crippen LogP contribution in [0, 0.1) is 5.92 Å². The normalized spacial score (nSPS) is 15.0. The van der Waals surface area contributed by atoms with Gasteiger partial charge in [-0.25, -0.2) is 0 Å². The van der Waals surface area contributed by atoms with Crippen LogP contribution in [0.5, 0.6) is 0 Å². The van der Waals surface area contributed by atoms with Gasteiger partial charge >= 0.3 is 0 Å². The van der Waals surface area contributed by atoms with Crippen molar-refractivity contribution in [3.8, 4) is 0 Å². The summed E-state index contributed by atoms with van der Waals surface area (Å²) in [5.41, 5.74) is 2.88. The highest BCUT2D eigenvalue weighted by molar-refractivity contribution is 6.69. The predicted octanol–water partition coefficient (Wildman–Crippen LogP) is 4.54. The van der Waals surface area contributed by atoms with E-state index in [9.17, 15) is 0 Å². The molecule has 0 aliphatic heterocycles. The van der Waals surface area contributed by atoms with Crippen molar-refractivity contribution >= 4 is 8.32 Å². The molecule has 0 heterocycles. The van der Waals surface area contributed by atoms with Crippen LogP contribution in [0.15, 0.2) is 31.0 Å². The molecule has 0 N–H and O–H groups in total. The summed E-state index contributed by atoms with van der Waals surface area (Å²) in [5, 5.41) is 0. The molecule has 2 atom stereocenters. The molecule has 0 spiro atoms. The zero-order chi connectivity index (χ0) is 12.6. The quantitative estimate of drug-likeness (QED) is 0.343. The first kappa shape index (κ1) is 15.4. The summed E-state index contributed by atoms with van der Waals surface area (Å²) in [4.78, 5) is 0. The second kappa shape index (κ2) is 7.67. The first-order chi connectivity index (χ1) is 7.42. The average Bonchev–Trinajstić information content (AvgIpc) is 2.15. The van der Waals surface area contributed by atoms with Gasteiger partial charge in [-0.2, -0.15) is 0 Å². The van der Waals surface area contributed by atoms with Crippen LogP contribution >= 0.6 is 0 Å². The Labute approximate surface area is 102 Å². The molecule has 0 amide bonds. The lowest BCUT2D eigenvalue weighted by atomic mass is 9.97. The monoisotopic (exact) mass is 238 g/mol. The van der Waals surface area contributed by atoms with E-state index in [4.69, 9.17) is 4.43 Å². The molecule has 1 nitrogen and oxygen atoms in total. The summed E-state index contributed by atoms with van der Waals surface area (Å²) < 4.78 is 6.16. The van der Waals surface area contributed by atoms with Gasteiger partial charge in [0.05, 0.1) is 0 Å². The summed E-state index contributed by atoms with van der Waals surface area (Å²) >= 11 is 0. The van der Waals surface area contributed by atoms with E-state index in [2.05, 4.69) is 51.5 Å². The number of allylic oxidation sites excluding steroid dienone is 1. The summed E-state index contributed by atoms with van der Waals surface area (Å²) in [6, 6.07) is 0. The molecular weight excluding hydrogens is 212 g/mol. The Balaban J connectivity index is 4.41. The van der Waals surface area contributed by atoms with E-state index in [1.54, 1.807) is 0 Å². The molecule has 0 radical (unpaired) electrons. The lowest BCUT2D eigenvalue weighted by molar-refractivity contribution is 0.171. The first-order valence-electron chi connectivity index (χ1n) is 6.07. The standard InChI is InChI=1S/C14H26OSi/c1-7-10-13(9-3)12-14(11-8-2)15-16(4,5)6/h8,10,13-14H,1-2,9,11-12H2,3-6H3. The molecule has 16 heavy (non-hydrogen) atoms. The highest BCUT2D eigenvalue weighted by atomic mass is 28.4. The van der Waals surface area contributed by atoms with E-state index in [1.807, 2.05) is 6.08 Å². The van der Waals surface area contributed by atoms with Gasteiger partial charge in [0, 0.05) is 6.10 Å². The third-order valence-electron chi connectivity index (χ3n) is 2.39. The maximum absolute atomic E-state index is 6.16. The van der Waals surface area contributed by atoms with Crippen LogP contribution in [-0.4, -0.2) is 14.4 Å². The van der Waals surface area contributed by atoms with Crippen molar-refractivity contribution in [3.05, 3.63) is 31.0 Å². The molecule has 0 aromatic heterocycles. The highest BCUT2D eigenvalue weighted by Crippen LogP contribution is 2.20. The van der Waals surface area contributed by atoms with E-state index in [0.29, 0.717) is 12.0 Å². The third-order valence-corrected chi connectivity index (χ3v) is 3.43. The minimum atomic E-state index is -1.46. The van der Waals surface area contributed by atoms with Crippen molar-refractivity contribution in [3.63, 3.8) is 0 Å². The van der Waals surface area contributed by atoms with E-state index in [-0.39, 0.29) is 0 Å². The molecule has 0 aliphatic rings. The topological polar surface area (TPSA) is 9.23 Å². The zero-order valence-corrected chi connectivity index (χ0v) is 12.3. The second-order valence-electron chi connectivity index (χ2n) is 5.15. The Morgan fingerprint density at radius 1 is 1.38 bits per heavy atom. The summed E-state index contributed by atoms with van der Waals surface area (Å²) in [6.07, 6.45) is 7.42. The van der Waals surface area contributed by atoms with Gasteiger partial charge in [-0.1, -0.05) is 19.6 Å². The van der Waals surface area contributed by atoms with Crippen molar-refractivity contribution in [2.45, 2.75) is 51.9 Å². The molecule has 0 aliphatic carbocycles. The largest absolute Gasteiger partial charge is 0.414 e. The molecule has 0 bridgehead atoms. The van der Waals surface area contributed by atoms with Gasteiger partial charge in [-0.3, -0.25) is 0 Å². The molecule has 0 saturated heterocycles. The Kier molecular flexibility index (Phi) is 7.40. The van der Waals surface area contributed by atoms with Crippen LogP contribution in [0.3, 0.4) is 0 Å². The summed E-state index contributed by atoms with van der Waals surface area (Å²) in [6.45, 7) is 16.3. The van der Waals surface area contributed by atoms with Crippen LogP contribution in [-0.2, 0) is 4.43 Å². The lowest BCUT2D eigenvalue weighted by Crippen LogP contribution is -2.32. The van der Waals surface area contributed by atoms with Crippen LogP contribution in [0.1, 0.15) is 26.2 Å². The fourth-order valence-corrected chi connectivity index (χ4v) is 2.93. The van der Waals surface area contributed by atoms with E-state index in [1.165, 1.54) is 0 Å². The number of rotatable bonds is 8. The van der Waals surface area contributed by atoms with Crippen molar-refractivity contribution in [1.82, 2.24) is 0 Å². The van der Waals surface area contributed by atoms with E-state index >= 15 is 0 Å². The number of hydrogen-bond acceptors (Lipinski definition) is 1. The van der Waals surface area contributed by atoms with Gasteiger partial charge in [-0.15, -0.1) is 12.3 Å². The first-order valence-corrected chi connectivity index (χ1v) is 9.48. The Hall–Kier alpha value is -0.563. The van der Waals surface area contributed by atoms with Crippen molar-refractivity contribution in [2.75, 3.05) is 0 Å². The van der Waals surface area contributed by atoms with Crippen molar-refractivity contribution < 1.29 is 4.43 Å². The van der Waals surface area contributed by atoms with Gasteiger partial charge in [0.2, 0.25) is 0 Å². The van der Waals surface area contributed by atoms with Gasteiger partial charge in [0.25, 0.3) is 0 Å². The second-order valence-corrected chi connectivity index (χ2v) is 9.61. The molecule has 92 valence electrons. The molecule has 0 fully saturated rings. The smallest absolute Gasteiger partial charge is 0.184 e. The molecule has 0 saturated carbocycles. The van der Waals surface area contributed by atoms with Gasteiger partial charge < -0.3 is 4.43 Å². The Morgan fingerprint density at radius 2 is 2.00 bits per heavy atom. The molecular formula is C14H26OSi.